The van der Waals surface area contributed by atoms with Crippen LogP contribution in [0.2, 0.25) is 0 Å². The van der Waals surface area contributed by atoms with Crippen LogP contribution in [0.1, 0.15) is 36.8 Å². The van der Waals surface area contributed by atoms with E-state index in [1.54, 1.807) is 12.1 Å². The molecule has 1 radical (unpaired) electrons. The molecule has 1 aliphatic rings. The fourth-order valence-electron chi connectivity index (χ4n) is 1.70. The quantitative estimate of drug-likeness (QED) is 0.585. The standard InChI is InChI=1S/C14H13N2O/c15-10-12-6-4-5-7-13(12)11-16-17-14-8-2-1-3-9-14/h4-8H,1-3,9H2. The maximum atomic E-state index is 8.88. The van der Waals surface area contributed by atoms with Gasteiger partial charge in [0.25, 0.3) is 0 Å². The normalized spacial score (nSPS) is 15.4. The van der Waals surface area contributed by atoms with Crippen molar-refractivity contribution in [1.29, 1.82) is 5.26 Å². The van der Waals surface area contributed by atoms with Crippen LogP contribution in [0.15, 0.2) is 41.3 Å². The van der Waals surface area contributed by atoms with Crippen molar-refractivity contribution in [2.75, 3.05) is 0 Å². The van der Waals surface area contributed by atoms with E-state index in [9.17, 15) is 0 Å². The molecule has 0 aliphatic heterocycles. The molecule has 3 nitrogen and oxygen atoms in total. The zero-order chi connectivity index (χ0) is 11.9. The number of hydrogen-bond acceptors (Lipinski definition) is 3. The minimum absolute atomic E-state index is 0.553. The summed E-state index contributed by atoms with van der Waals surface area (Å²) >= 11 is 0. The average Bonchev–Trinajstić information content (AvgIpc) is 2.40. The molecule has 1 aromatic rings. The summed E-state index contributed by atoms with van der Waals surface area (Å²) in [6.07, 6.45) is 9.17. The Morgan fingerprint density at radius 2 is 2.00 bits per heavy atom. The molecule has 0 fully saturated rings. The van der Waals surface area contributed by atoms with E-state index in [0.717, 1.165) is 25.0 Å². The van der Waals surface area contributed by atoms with Crippen molar-refractivity contribution in [2.45, 2.75) is 25.7 Å². The maximum absolute atomic E-state index is 8.88. The summed E-state index contributed by atoms with van der Waals surface area (Å²) in [7, 11) is 0. The molecule has 0 heterocycles. The van der Waals surface area contributed by atoms with E-state index in [2.05, 4.69) is 23.5 Å². The highest BCUT2D eigenvalue weighted by molar-refractivity contribution is 5.82. The van der Waals surface area contributed by atoms with Crippen molar-refractivity contribution in [2.24, 2.45) is 5.16 Å². The molecular weight excluding hydrogens is 212 g/mol. The Balaban J connectivity index is 2.01. The molecule has 0 saturated carbocycles. The van der Waals surface area contributed by atoms with Crippen LogP contribution >= 0.6 is 0 Å². The predicted octanol–water partition coefficient (Wildman–Crippen LogP) is 3.24. The number of rotatable bonds is 3. The van der Waals surface area contributed by atoms with Gasteiger partial charge in [-0.25, -0.2) is 0 Å². The Hall–Kier alpha value is -2.08. The highest BCUT2D eigenvalue weighted by Gasteiger charge is 2.04. The fourth-order valence-corrected chi connectivity index (χ4v) is 1.70. The van der Waals surface area contributed by atoms with E-state index in [1.807, 2.05) is 12.1 Å². The van der Waals surface area contributed by atoms with Crippen LogP contribution in [0.4, 0.5) is 0 Å². The van der Waals surface area contributed by atoms with Gasteiger partial charge >= 0.3 is 0 Å². The molecule has 0 aromatic heterocycles. The number of hydrogen-bond donors (Lipinski definition) is 0. The van der Waals surface area contributed by atoms with Crippen LogP contribution in [0.5, 0.6) is 0 Å². The molecule has 0 spiro atoms. The Labute approximate surface area is 101 Å². The lowest BCUT2D eigenvalue weighted by Gasteiger charge is -2.08. The van der Waals surface area contributed by atoms with Gasteiger partial charge in [-0.3, -0.25) is 0 Å². The van der Waals surface area contributed by atoms with E-state index < -0.39 is 0 Å². The summed E-state index contributed by atoms with van der Waals surface area (Å²) in [5, 5.41) is 12.7. The summed E-state index contributed by atoms with van der Waals surface area (Å²) < 4.78 is 0. The lowest BCUT2D eigenvalue weighted by atomic mass is 10.1. The molecule has 0 saturated heterocycles. The molecule has 3 heteroatoms. The molecule has 0 bridgehead atoms. The van der Waals surface area contributed by atoms with Gasteiger partial charge in [0.15, 0.2) is 0 Å². The Morgan fingerprint density at radius 3 is 2.71 bits per heavy atom. The largest absolute Gasteiger partial charge is 0.361 e. The second kappa shape index (κ2) is 5.86. The molecule has 1 aromatic carbocycles. The second-order valence-corrected chi connectivity index (χ2v) is 3.87. The van der Waals surface area contributed by atoms with Gasteiger partial charge in [0, 0.05) is 12.0 Å². The third-order valence-corrected chi connectivity index (χ3v) is 2.63. The summed E-state index contributed by atoms with van der Waals surface area (Å²) in [6, 6.07) is 9.28. The van der Waals surface area contributed by atoms with Gasteiger partial charge in [-0.05, 0) is 31.4 Å². The van der Waals surface area contributed by atoms with E-state index in [-0.39, 0.29) is 0 Å². The topological polar surface area (TPSA) is 45.4 Å². The van der Waals surface area contributed by atoms with Crippen molar-refractivity contribution in [3.8, 4) is 6.07 Å². The first-order chi connectivity index (χ1) is 8.40. The highest BCUT2D eigenvalue weighted by atomic mass is 16.6. The predicted molar refractivity (Wildman–Crippen MR) is 65.3 cm³/mol. The average molecular weight is 225 g/mol. The Morgan fingerprint density at radius 1 is 1.18 bits per heavy atom. The monoisotopic (exact) mass is 225 g/mol. The summed E-state index contributed by atoms with van der Waals surface area (Å²) in [4.78, 5) is 5.25. The van der Waals surface area contributed by atoms with Gasteiger partial charge < -0.3 is 4.84 Å². The lowest BCUT2D eigenvalue weighted by molar-refractivity contribution is 0.210. The first-order valence-corrected chi connectivity index (χ1v) is 5.71. The van der Waals surface area contributed by atoms with Crippen LogP contribution in [0, 0.1) is 11.3 Å². The van der Waals surface area contributed by atoms with Crippen LogP contribution in [0.25, 0.3) is 0 Å². The smallest absolute Gasteiger partial charge is 0.141 e. The van der Waals surface area contributed by atoms with Crippen molar-refractivity contribution < 1.29 is 4.84 Å². The van der Waals surface area contributed by atoms with E-state index in [0.29, 0.717) is 11.1 Å². The van der Waals surface area contributed by atoms with E-state index >= 15 is 0 Å². The van der Waals surface area contributed by atoms with Gasteiger partial charge in [0.1, 0.15) is 12.0 Å². The maximum Gasteiger partial charge on any atom is 0.141 e. The highest BCUT2D eigenvalue weighted by Crippen LogP contribution is 2.18. The zero-order valence-electron chi connectivity index (χ0n) is 9.52. The first kappa shape index (κ1) is 11.4. The van der Waals surface area contributed by atoms with Crippen LogP contribution in [0.3, 0.4) is 0 Å². The van der Waals surface area contributed by atoms with Crippen molar-refractivity contribution >= 4 is 6.21 Å². The van der Waals surface area contributed by atoms with Crippen LogP contribution in [-0.2, 0) is 4.84 Å². The molecule has 0 N–H and O–H groups in total. The number of benzene rings is 1. The summed E-state index contributed by atoms with van der Waals surface area (Å²) in [6.45, 7) is 0. The van der Waals surface area contributed by atoms with Crippen molar-refractivity contribution in [3.63, 3.8) is 0 Å². The van der Waals surface area contributed by atoms with Gasteiger partial charge in [-0.2, -0.15) is 5.26 Å². The third kappa shape index (κ3) is 3.18. The molecule has 85 valence electrons. The van der Waals surface area contributed by atoms with Gasteiger partial charge in [0.05, 0.1) is 11.6 Å². The van der Waals surface area contributed by atoms with Gasteiger partial charge in [-0.1, -0.05) is 23.4 Å². The van der Waals surface area contributed by atoms with E-state index in [4.69, 9.17) is 10.1 Å². The van der Waals surface area contributed by atoms with Crippen molar-refractivity contribution in [3.05, 3.63) is 47.2 Å². The Bertz CT molecular complexity index is 483. The second-order valence-electron chi connectivity index (χ2n) is 3.87. The summed E-state index contributed by atoms with van der Waals surface area (Å²) in [5.41, 5.74) is 1.21. The third-order valence-electron chi connectivity index (χ3n) is 2.63. The molecular formula is C14H13N2O. The lowest BCUT2D eigenvalue weighted by Crippen LogP contribution is -1.94. The van der Waals surface area contributed by atoms with Crippen molar-refractivity contribution in [1.82, 2.24) is 0 Å². The fraction of sp³-hybridized carbons (Fsp3) is 0.286. The van der Waals surface area contributed by atoms with Crippen LogP contribution < -0.4 is 0 Å². The number of nitriles is 1. The minimum Gasteiger partial charge on any atom is -0.361 e. The van der Waals surface area contributed by atoms with E-state index in [1.165, 1.54) is 6.42 Å². The first-order valence-electron chi connectivity index (χ1n) is 5.71. The van der Waals surface area contributed by atoms with Crippen LogP contribution in [-0.4, -0.2) is 6.21 Å². The van der Waals surface area contributed by atoms with Gasteiger partial charge in [0.2, 0.25) is 0 Å². The molecule has 2 rings (SSSR count). The summed E-state index contributed by atoms with van der Waals surface area (Å²) in [5.74, 6) is 0.901. The molecule has 17 heavy (non-hydrogen) atoms. The minimum atomic E-state index is 0.553. The SMILES string of the molecule is N#Cc1ccccc1[C]=NOC1=CCCCC1. The Kier molecular flexibility index (Phi) is 3.93. The molecule has 0 unspecified atom stereocenters. The number of nitrogens with zero attached hydrogens (tertiary/aromatic N) is 2. The molecule has 0 atom stereocenters. The number of allylic oxidation sites excluding steroid dienone is 2. The molecule has 0 amide bonds. The zero-order valence-corrected chi connectivity index (χ0v) is 9.52. The van der Waals surface area contributed by atoms with Gasteiger partial charge in [-0.15, -0.1) is 0 Å². The molecule has 1 aliphatic carbocycles.